The summed E-state index contributed by atoms with van der Waals surface area (Å²) in [6.07, 6.45) is 1.14. The van der Waals surface area contributed by atoms with Gasteiger partial charge >= 0.3 is 0 Å². The summed E-state index contributed by atoms with van der Waals surface area (Å²) in [5, 5.41) is 11.6. The van der Waals surface area contributed by atoms with Crippen molar-refractivity contribution >= 4 is 11.7 Å². The van der Waals surface area contributed by atoms with E-state index in [0.29, 0.717) is 61.5 Å². The Morgan fingerprint density at radius 2 is 2.10 bits per heavy atom. The average molecular weight is 400 g/mol. The third kappa shape index (κ3) is 3.97. The smallest absolute Gasteiger partial charge is 0.272 e. The number of carbonyl (C=O) groups is 1. The normalized spacial score (nSPS) is 14.2. The monoisotopic (exact) mass is 400 g/mol. The highest BCUT2D eigenvalue weighted by Crippen LogP contribution is 2.25. The van der Waals surface area contributed by atoms with Crippen molar-refractivity contribution in [2.24, 2.45) is 7.05 Å². The fraction of sp³-hybridized carbons (Fsp3) is 0.368. The van der Waals surface area contributed by atoms with Crippen molar-refractivity contribution in [3.8, 4) is 11.4 Å². The van der Waals surface area contributed by atoms with E-state index in [1.807, 2.05) is 0 Å². The number of anilines is 1. The lowest BCUT2D eigenvalue weighted by molar-refractivity contribution is 0.0295. The molecule has 4 heterocycles. The number of halogens is 1. The largest absolute Gasteiger partial charge is 0.378 e. The van der Waals surface area contributed by atoms with E-state index in [9.17, 15) is 9.18 Å². The van der Waals surface area contributed by atoms with Crippen LogP contribution in [0.2, 0.25) is 0 Å². The summed E-state index contributed by atoms with van der Waals surface area (Å²) in [5.74, 6) is 0.690. The molecule has 0 unspecified atom stereocenters. The third-order valence-electron chi connectivity index (χ3n) is 4.80. The van der Waals surface area contributed by atoms with Crippen molar-refractivity contribution in [1.29, 1.82) is 0 Å². The van der Waals surface area contributed by atoms with Gasteiger partial charge in [-0.05, 0) is 19.1 Å². The van der Waals surface area contributed by atoms with E-state index in [2.05, 4.69) is 20.6 Å². The Balaban J connectivity index is 1.49. The first kappa shape index (κ1) is 19.1. The summed E-state index contributed by atoms with van der Waals surface area (Å²) in [7, 11) is 1.73. The van der Waals surface area contributed by atoms with Crippen molar-refractivity contribution in [1.82, 2.24) is 24.8 Å². The molecule has 1 aliphatic heterocycles. The molecule has 9 nitrogen and oxygen atoms in total. The van der Waals surface area contributed by atoms with Gasteiger partial charge in [0.2, 0.25) is 0 Å². The summed E-state index contributed by atoms with van der Waals surface area (Å²) in [6.45, 7) is 4.39. The molecule has 3 aromatic heterocycles. The average Bonchev–Trinajstić information content (AvgIpc) is 3.29. The summed E-state index contributed by atoms with van der Waals surface area (Å²) in [4.78, 5) is 18.5. The van der Waals surface area contributed by atoms with Gasteiger partial charge < -0.3 is 19.5 Å². The van der Waals surface area contributed by atoms with Crippen molar-refractivity contribution in [2.75, 3.05) is 31.6 Å². The maximum absolute atomic E-state index is 13.2. The SMILES string of the molecule is Cc1onc(-c2ccc(F)cn2)c1CNc1cc(C(=O)N2CCOCC2)n(C)n1. The first-order valence-electron chi connectivity index (χ1n) is 9.25. The lowest BCUT2D eigenvalue weighted by Gasteiger charge is -2.26. The van der Waals surface area contributed by atoms with Gasteiger partial charge in [-0.3, -0.25) is 14.5 Å². The summed E-state index contributed by atoms with van der Waals surface area (Å²) < 4.78 is 25.3. The highest BCUT2D eigenvalue weighted by molar-refractivity contribution is 5.93. The van der Waals surface area contributed by atoms with Crippen LogP contribution in [0.1, 0.15) is 21.8 Å². The van der Waals surface area contributed by atoms with E-state index in [1.54, 1.807) is 35.7 Å². The number of aromatic nitrogens is 4. The zero-order valence-corrected chi connectivity index (χ0v) is 16.2. The molecule has 0 bridgehead atoms. The number of rotatable bonds is 5. The molecule has 0 saturated carbocycles. The van der Waals surface area contributed by atoms with Gasteiger partial charge in [0.15, 0.2) is 0 Å². The topological polar surface area (TPSA) is 98.3 Å². The number of pyridine rings is 1. The van der Waals surface area contributed by atoms with Gasteiger partial charge in [0.1, 0.15) is 28.8 Å². The van der Waals surface area contributed by atoms with Crippen LogP contribution < -0.4 is 5.32 Å². The van der Waals surface area contributed by atoms with Crippen LogP contribution in [-0.2, 0) is 18.3 Å². The molecular weight excluding hydrogens is 379 g/mol. The molecule has 10 heteroatoms. The van der Waals surface area contributed by atoms with E-state index in [0.717, 1.165) is 11.8 Å². The number of ether oxygens (including phenoxy) is 1. The third-order valence-corrected chi connectivity index (χ3v) is 4.80. The van der Waals surface area contributed by atoms with E-state index < -0.39 is 5.82 Å². The van der Waals surface area contributed by atoms with Crippen LogP contribution in [0.3, 0.4) is 0 Å². The van der Waals surface area contributed by atoms with Crippen molar-refractivity contribution in [3.63, 3.8) is 0 Å². The molecule has 152 valence electrons. The van der Waals surface area contributed by atoms with Crippen LogP contribution in [0.25, 0.3) is 11.4 Å². The molecule has 1 saturated heterocycles. The van der Waals surface area contributed by atoms with Gasteiger partial charge in [0.05, 0.1) is 25.1 Å². The van der Waals surface area contributed by atoms with Crippen LogP contribution in [0, 0.1) is 12.7 Å². The molecule has 3 aromatic rings. The van der Waals surface area contributed by atoms with Crippen LogP contribution in [0.5, 0.6) is 0 Å². The molecule has 29 heavy (non-hydrogen) atoms. The van der Waals surface area contributed by atoms with Crippen LogP contribution in [-0.4, -0.2) is 57.0 Å². The molecule has 0 radical (unpaired) electrons. The number of hydrogen-bond acceptors (Lipinski definition) is 7. The second-order valence-electron chi connectivity index (χ2n) is 6.72. The Labute approximate surface area is 166 Å². The minimum absolute atomic E-state index is 0.0753. The second kappa shape index (κ2) is 8.00. The number of aryl methyl sites for hydroxylation is 2. The number of amides is 1. The van der Waals surface area contributed by atoms with Gasteiger partial charge in [-0.15, -0.1) is 0 Å². The molecule has 4 rings (SSSR count). The van der Waals surface area contributed by atoms with Crippen molar-refractivity contribution in [3.05, 3.63) is 47.2 Å². The predicted octanol–water partition coefficient (Wildman–Crippen LogP) is 2.00. The van der Waals surface area contributed by atoms with E-state index in [4.69, 9.17) is 9.26 Å². The Kier molecular flexibility index (Phi) is 5.26. The minimum Gasteiger partial charge on any atom is -0.378 e. The van der Waals surface area contributed by atoms with Gasteiger partial charge in [0, 0.05) is 38.3 Å². The molecule has 0 spiro atoms. The molecule has 0 atom stereocenters. The molecular formula is C19H21FN6O3. The van der Waals surface area contributed by atoms with Crippen LogP contribution in [0.4, 0.5) is 10.2 Å². The Hall–Kier alpha value is -3.27. The quantitative estimate of drug-likeness (QED) is 0.699. The lowest BCUT2D eigenvalue weighted by atomic mass is 10.1. The molecule has 1 fully saturated rings. The molecule has 1 N–H and O–H groups in total. The molecule has 1 aliphatic rings. The fourth-order valence-corrected chi connectivity index (χ4v) is 3.18. The maximum Gasteiger partial charge on any atom is 0.272 e. The van der Waals surface area contributed by atoms with E-state index in [1.165, 1.54) is 6.07 Å². The van der Waals surface area contributed by atoms with Gasteiger partial charge in [-0.1, -0.05) is 5.16 Å². The minimum atomic E-state index is -0.417. The first-order valence-corrected chi connectivity index (χ1v) is 9.25. The second-order valence-corrected chi connectivity index (χ2v) is 6.72. The highest BCUT2D eigenvalue weighted by Gasteiger charge is 2.22. The number of nitrogens with zero attached hydrogens (tertiary/aromatic N) is 5. The van der Waals surface area contributed by atoms with Gasteiger partial charge in [-0.2, -0.15) is 5.10 Å². The van der Waals surface area contributed by atoms with E-state index >= 15 is 0 Å². The van der Waals surface area contributed by atoms with E-state index in [-0.39, 0.29) is 5.91 Å². The molecule has 0 aromatic carbocycles. The first-order chi connectivity index (χ1) is 14.0. The number of hydrogen-bond donors (Lipinski definition) is 1. The maximum atomic E-state index is 13.2. The highest BCUT2D eigenvalue weighted by atomic mass is 19.1. The summed E-state index contributed by atoms with van der Waals surface area (Å²) in [5.41, 5.74) is 2.34. The van der Waals surface area contributed by atoms with Gasteiger partial charge in [0.25, 0.3) is 5.91 Å². The number of carbonyl (C=O) groups excluding carboxylic acids is 1. The zero-order valence-electron chi connectivity index (χ0n) is 16.2. The van der Waals surface area contributed by atoms with Crippen LogP contribution >= 0.6 is 0 Å². The summed E-state index contributed by atoms with van der Waals surface area (Å²) >= 11 is 0. The van der Waals surface area contributed by atoms with Crippen LogP contribution in [0.15, 0.2) is 28.9 Å². The Morgan fingerprint density at radius 1 is 1.31 bits per heavy atom. The predicted molar refractivity (Wildman–Crippen MR) is 102 cm³/mol. The molecule has 1 amide bonds. The fourth-order valence-electron chi connectivity index (χ4n) is 3.18. The lowest BCUT2D eigenvalue weighted by Crippen LogP contribution is -2.41. The van der Waals surface area contributed by atoms with Gasteiger partial charge in [-0.25, -0.2) is 4.39 Å². The summed E-state index contributed by atoms with van der Waals surface area (Å²) in [6, 6.07) is 4.60. The Bertz CT molecular complexity index is 1010. The standard InChI is InChI=1S/C19H21FN6O3/c1-12-14(18(24-29-12)15-4-3-13(20)10-21-15)11-22-17-9-16(25(2)23-17)19(27)26-5-7-28-8-6-26/h3-4,9-10H,5-8,11H2,1-2H3,(H,22,23). The Morgan fingerprint density at radius 3 is 2.83 bits per heavy atom. The number of morpholine rings is 1. The molecule has 0 aliphatic carbocycles. The van der Waals surface area contributed by atoms with Crippen molar-refractivity contribution < 1.29 is 18.4 Å². The number of nitrogens with one attached hydrogen (secondary N) is 1. The van der Waals surface area contributed by atoms with Crippen molar-refractivity contribution in [2.45, 2.75) is 13.5 Å². The zero-order chi connectivity index (χ0) is 20.4.